The molecule has 1 fully saturated rings. The van der Waals surface area contributed by atoms with Gasteiger partial charge in [-0.05, 0) is 40.5 Å². The van der Waals surface area contributed by atoms with Gasteiger partial charge in [0.25, 0.3) is 0 Å². The molecule has 0 aromatic heterocycles. The van der Waals surface area contributed by atoms with Crippen LogP contribution >= 0.6 is 0 Å². The first-order valence-corrected chi connectivity index (χ1v) is 7.43. The molecule has 128 valence electrons. The van der Waals surface area contributed by atoms with Gasteiger partial charge in [0.05, 0.1) is 12.5 Å². The van der Waals surface area contributed by atoms with E-state index >= 15 is 0 Å². The van der Waals surface area contributed by atoms with E-state index < -0.39 is 47.7 Å². The summed E-state index contributed by atoms with van der Waals surface area (Å²) in [7, 11) is 0. The number of carboxylic acid groups (broad SMARTS) is 2. The number of likely N-dealkylation sites (tertiary alicyclic amines) is 1. The third kappa shape index (κ3) is 3.42. The second kappa shape index (κ2) is 6.14. The lowest BCUT2D eigenvalue weighted by molar-refractivity contribution is -0.188. The standard InChI is InChI=1S/C15H27NO6/c1-13(2)7-10(18)8-14(3,4)16(13)15(5-6-17,12(21)22)9-11(19)20/h10,17-18H,5-9H2,1-4H3,(H,19,20)(H,21,22). The first-order valence-electron chi connectivity index (χ1n) is 7.43. The molecular weight excluding hydrogens is 290 g/mol. The van der Waals surface area contributed by atoms with Crippen molar-refractivity contribution in [1.82, 2.24) is 4.90 Å². The number of aliphatic hydroxyl groups is 2. The minimum atomic E-state index is -1.71. The van der Waals surface area contributed by atoms with Crippen LogP contribution in [-0.4, -0.2) is 66.6 Å². The monoisotopic (exact) mass is 317 g/mol. The summed E-state index contributed by atoms with van der Waals surface area (Å²) in [4.78, 5) is 25.0. The quantitative estimate of drug-likeness (QED) is 0.569. The molecule has 1 aliphatic heterocycles. The van der Waals surface area contributed by atoms with Crippen molar-refractivity contribution < 1.29 is 30.0 Å². The Balaban J connectivity index is 3.48. The topological polar surface area (TPSA) is 118 Å². The summed E-state index contributed by atoms with van der Waals surface area (Å²) in [6, 6.07) is 0. The van der Waals surface area contributed by atoms with E-state index in [1.165, 1.54) is 0 Å². The molecule has 1 unspecified atom stereocenters. The van der Waals surface area contributed by atoms with E-state index in [9.17, 15) is 30.0 Å². The minimum Gasteiger partial charge on any atom is -0.481 e. The van der Waals surface area contributed by atoms with Gasteiger partial charge in [0.1, 0.15) is 5.54 Å². The maximum atomic E-state index is 12.0. The maximum Gasteiger partial charge on any atom is 0.324 e. The van der Waals surface area contributed by atoms with Gasteiger partial charge < -0.3 is 20.4 Å². The Morgan fingerprint density at radius 3 is 1.91 bits per heavy atom. The molecule has 1 heterocycles. The van der Waals surface area contributed by atoms with Crippen LogP contribution in [-0.2, 0) is 9.59 Å². The Labute approximate surface area is 130 Å². The van der Waals surface area contributed by atoms with Gasteiger partial charge in [-0.3, -0.25) is 14.5 Å². The van der Waals surface area contributed by atoms with E-state index in [1.807, 2.05) is 0 Å². The first kappa shape index (κ1) is 18.9. The summed E-state index contributed by atoms with van der Waals surface area (Å²) in [5.74, 6) is -2.49. The average molecular weight is 317 g/mol. The van der Waals surface area contributed by atoms with Gasteiger partial charge in [0.2, 0.25) is 0 Å². The van der Waals surface area contributed by atoms with E-state index in [4.69, 9.17) is 0 Å². The number of nitrogens with zero attached hydrogens (tertiary/aromatic N) is 1. The van der Waals surface area contributed by atoms with Crippen molar-refractivity contribution in [2.24, 2.45) is 0 Å². The van der Waals surface area contributed by atoms with Crippen molar-refractivity contribution in [3.05, 3.63) is 0 Å². The van der Waals surface area contributed by atoms with Crippen LogP contribution in [0.3, 0.4) is 0 Å². The third-order valence-corrected chi connectivity index (χ3v) is 4.48. The van der Waals surface area contributed by atoms with Crippen LogP contribution in [0.2, 0.25) is 0 Å². The van der Waals surface area contributed by atoms with Gasteiger partial charge in [-0.25, -0.2) is 0 Å². The molecule has 1 saturated heterocycles. The van der Waals surface area contributed by atoms with Gasteiger partial charge in [-0.2, -0.15) is 0 Å². The smallest absolute Gasteiger partial charge is 0.324 e. The van der Waals surface area contributed by atoms with Crippen LogP contribution in [0.1, 0.15) is 53.4 Å². The van der Waals surface area contributed by atoms with Crippen LogP contribution in [0.25, 0.3) is 0 Å². The minimum absolute atomic E-state index is 0.183. The molecule has 1 rings (SSSR count). The van der Waals surface area contributed by atoms with Crippen molar-refractivity contribution in [1.29, 1.82) is 0 Å². The maximum absolute atomic E-state index is 12.0. The third-order valence-electron chi connectivity index (χ3n) is 4.48. The summed E-state index contributed by atoms with van der Waals surface area (Å²) in [5.41, 5.74) is -3.15. The van der Waals surface area contributed by atoms with Crippen LogP contribution in [0, 0.1) is 0 Å². The predicted molar refractivity (Wildman–Crippen MR) is 79.6 cm³/mol. The van der Waals surface area contributed by atoms with Gasteiger partial charge in [-0.15, -0.1) is 0 Å². The lowest BCUT2D eigenvalue weighted by atomic mass is 9.72. The fourth-order valence-electron chi connectivity index (χ4n) is 4.38. The van der Waals surface area contributed by atoms with Gasteiger partial charge in [0.15, 0.2) is 0 Å². The summed E-state index contributed by atoms with van der Waals surface area (Å²) in [5, 5.41) is 38.5. The number of rotatable bonds is 6. The van der Waals surface area contributed by atoms with Crippen LogP contribution < -0.4 is 0 Å². The molecule has 0 amide bonds. The molecule has 7 heteroatoms. The average Bonchev–Trinajstić information content (AvgIpc) is 2.22. The number of carboxylic acids is 2. The van der Waals surface area contributed by atoms with E-state index in [0.717, 1.165) is 0 Å². The summed E-state index contributed by atoms with van der Waals surface area (Å²) in [6.45, 7) is 6.77. The zero-order valence-corrected chi connectivity index (χ0v) is 13.7. The zero-order valence-electron chi connectivity index (χ0n) is 13.7. The molecule has 0 aromatic rings. The van der Waals surface area contributed by atoms with Gasteiger partial charge in [-0.1, -0.05) is 0 Å². The first-order chi connectivity index (χ1) is 9.89. The normalized spacial score (nSPS) is 24.6. The summed E-state index contributed by atoms with van der Waals surface area (Å²) in [6.07, 6.45) is -0.678. The Bertz CT molecular complexity index is 429. The molecule has 0 bridgehead atoms. The van der Waals surface area contributed by atoms with Crippen molar-refractivity contribution in [3.63, 3.8) is 0 Å². The van der Waals surface area contributed by atoms with E-state index in [1.54, 1.807) is 32.6 Å². The molecule has 7 nitrogen and oxygen atoms in total. The summed E-state index contributed by atoms with van der Waals surface area (Å²) >= 11 is 0. The van der Waals surface area contributed by atoms with Crippen LogP contribution in [0.5, 0.6) is 0 Å². The van der Waals surface area contributed by atoms with E-state index in [-0.39, 0.29) is 6.42 Å². The number of aliphatic hydroxyl groups excluding tert-OH is 2. The molecular formula is C15H27NO6. The lowest BCUT2D eigenvalue weighted by Gasteiger charge is -2.60. The van der Waals surface area contributed by atoms with Gasteiger partial charge in [0, 0.05) is 24.1 Å². The predicted octanol–water partition coefficient (Wildman–Crippen LogP) is 0.681. The molecule has 1 aliphatic rings. The highest BCUT2D eigenvalue weighted by Crippen LogP contribution is 2.46. The highest BCUT2D eigenvalue weighted by molar-refractivity contribution is 5.85. The fraction of sp³-hybridized carbons (Fsp3) is 0.867. The Kier molecular flexibility index (Phi) is 5.26. The number of aliphatic carboxylic acids is 2. The number of hydrogen-bond donors (Lipinski definition) is 4. The number of piperidine rings is 1. The van der Waals surface area contributed by atoms with E-state index in [0.29, 0.717) is 12.8 Å². The van der Waals surface area contributed by atoms with Crippen molar-refractivity contribution in [3.8, 4) is 0 Å². The second-order valence-electron chi connectivity index (χ2n) is 7.40. The number of hydrogen-bond acceptors (Lipinski definition) is 5. The van der Waals surface area contributed by atoms with Crippen LogP contribution in [0.4, 0.5) is 0 Å². The molecule has 0 aliphatic carbocycles. The molecule has 0 spiro atoms. The van der Waals surface area contributed by atoms with Crippen molar-refractivity contribution in [2.75, 3.05) is 6.61 Å². The largest absolute Gasteiger partial charge is 0.481 e. The highest BCUT2D eigenvalue weighted by atomic mass is 16.4. The lowest BCUT2D eigenvalue weighted by Crippen LogP contribution is -2.73. The van der Waals surface area contributed by atoms with Gasteiger partial charge >= 0.3 is 11.9 Å². The number of carbonyl (C=O) groups is 2. The van der Waals surface area contributed by atoms with Crippen LogP contribution in [0.15, 0.2) is 0 Å². The summed E-state index contributed by atoms with van der Waals surface area (Å²) < 4.78 is 0. The van der Waals surface area contributed by atoms with Crippen molar-refractivity contribution >= 4 is 11.9 Å². The molecule has 0 saturated carbocycles. The molecule has 1 atom stereocenters. The molecule has 0 aromatic carbocycles. The zero-order chi connectivity index (χ0) is 17.3. The Morgan fingerprint density at radius 1 is 1.14 bits per heavy atom. The Hall–Kier alpha value is -1.18. The fourth-order valence-corrected chi connectivity index (χ4v) is 4.38. The molecule has 22 heavy (non-hydrogen) atoms. The van der Waals surface area contributed by atoms with E-state index in [2.05, 4.69) is 0 Å². The van der Waals surface area contributed by atoms with Crippen molar-refractivity contribution in [2.45, 2.75) is 76.1 Å². The second-order valence-corrected chi connectivity index (χ2v) is 7.40. The Morgan fingerprint density at radius 2 is 1.59 bits per heavy atom. The SMILES string of the molecule is CC1(C)CC(O)CC(C)(C)N1C(CCO)(CC(=O)O)C(=O)O. The molecule has 4 N–H and O–H groups in total. The highest BCUT2D eigenvalue weighted by Gasteiger charge is 2.58. The molecule has 0 radical (unpaired) electrons.